The quantitative estimate of drug-likeness (QED) is 0.174. The van der Waals surface area contributed by atoms with E-state index in [-0.39, 0.29) is 45.2 Å². The number of unbranched alkanes of at least 4 members (excludes halogenated alkanes) is 1. The van der Waals surface area contributed by atoms with Gasteiger partial charge in [0.15, 0.2) is 0 Å². The van der Waals surface area contributed by atoms with Crippen molar-refractivity contribution < 1.29 is 51.0 Å². The molecule has 0 saturated carbocycles. The van der Waals surface area contributed by atoms with Gasteiger partial charge in [-0.2, -0.15) is 35.8 Å². The van der Waals surface area contributed by atoms with Crippen LogP contribution in [-0.2, 0) is 59.5 Å². The molecule has 1 unspecified atom stereocenters. The Kier molecular flexibility index (Phi) is 12.6. The van der Waals surface area contributed by atoms with E-state index in [0.29, 0.717) is 12.3 Å². The van der Waals surface area contributed by atoms with Crippen molar-refractivity contribution in [2.45, 2.75) is 65.1 Å². The third-order valence-electron chi connectivity index (χ3n) is 5.50. The van der Waals surface area contributed by atoms with Gasteiger partial charge in [0.2, 0.25) is 10.0 Å². The Balaban J connectivity index is 0.00000512. The average molecular weight is 537 g/mol. The van der Waals surface area contributed by atoms with Crippen molar-refractivity contribution in [3.05, 3.63) is 65.7 Å². The molecule has 2 rings (SSSR count). The zero-order valence-corrected chi connectivity index (χ0v) is 23.2. The summed E-state index contributed by atoms with van der Waals surface area (Å²) >= 11 is 0. The molecule has 0 aliphatic rings. The maximum atomic E-state index is 12.6. The summed E-state index contributed by atoms with van der Waals surface area (Å²) in [6.45, 7) is 8.12. The van der Waals surface area contributed by atoms with Crippen LogP contribution in [0.25, 0.3) is 0 Å². The Labute approximate surface area is 218 Å². The molecule has 6 nitrogen and oxygen atoms in total. The van der Waals surface area contributed by atoms with Crippen molar-refractivity contribution in [3.63, 3.8) is 0 Å². The number of ether oxygens (including phenoxy) is 1. The van der Waals surface area contributed by atoms with Gasteiger partial charge in [-0.1, -0.05) is 45.7 Å². The molecule has 2 N–H and O–H groups in total. The van der Waals surface area contributed by atoms with Gasteiger partial charge in [-0.3, -0.25) is 0 Å². The summed E-state index contributed by atoms with van der Waals surface area (Å²) < 4.78 is 32.0. The molecule has 0 spiro atoms. The van der Waals surface area contributed by atoms with Crippen LogP contribution in [0.15, 0.2) is 48.5 Å². The monoisotopic (exact) mass is 536 g/mol. The molecule has 0 amide bonds. The summed E-state index contributed by atoms with van der Waals surface area (Å²) in [5, 5.41) is 10.6. The summed E-state index contributed by atoms with van der Waals surface area (Å²) in [7, 11) is -3.55. The molecule has 0 aliphatic carbocycles. The van der Waals surface area contributed by atoms with E-state index in [1.807, 2.05) is 50.2 Å². The predicted octanol–water partition coefficient (Wildman–Crippen LogP) is 4.15. The van der Waals surface area contributed by atoms with Gasteiger partial charge in [0.05, 0.1) is 17.5 Å². The molecule has 0 heterocycles. The van der Waals surface area contributed by atoms with Crippen molar-refractivity contribution >= 4 is 15.7 Å². The van der Waals surface area contributed by atoms with Crippen LogP contribution in [0.5, 0.6) is 0 Å². The molecule has 0 aromatic heterocycles. The molecule has 1 atom stereocenters. The van der Waals surface area contributed by atoms with Crippen LogP contribution in [0, 0.1) is 6.07 Å². The Morgan fingerprint density at radius 2 is 1.88 bits per heavy atom. The molecule has 1 radical (unpaired) electrons. The number of nitrogens with one attached hydrogen (secondary N) is 1. The maximum absolute atomic E-state index is 12.6. The summed E-state index contributed by atoms with van der Waals surface area (Å²) in [5.74, 6) is -0.0450. The number of aliphatic hydroxyl groups is 1. The van der Waals surface area contributed by atoms with Crippen LogP contribution < -0.4 is 9.84 Å². The van der Waals surface area contributed by atoms with Crippen LogP contribution in [-0.4, -0.2) is 32.1 Å². The Hall–Kier alpha value is -0.826. The Morgan fingerprint density at radius 3 is 2.44 bits per heavy atom. The number of sulfonamides is 1. The first kappa shape index (κ1) is 29.2. The van der Waals surface area contributed by atoms with Gasteiger partial charge in [0.25, 0.3) is 0 Å². The van der Waals surface area contributed by atoms with Crippen LogP contribution in [0.4, 0.5) is 5.69 Å². The normalized spacial score (nSPS) is 12.8. The van der Waals surface area contributed by atoms with Crippen molar-refractivity contribution in [2.75, 3.05) is 16.9 Å². The fourth-order valence-electron chi connectivity index (χ4n) is 3.25. The van der Waals surface area contributed by atoms with Gasteiger partial charge in [0.1, 0.15) is 6.73 Å². The molecular formula is C24H35N2O4SY-. The van der Waals surface area contributed by atoms with E-state index in [9.17, 15) is 13.5 Å². The number of rotatable bonds is 13. The average Bonchev–Trinajstić information content (AvgIpc) is 2.78. The van der Waals surface area contributed by atoms with E-state index < -0.39 is 21.5 Å². The first-order valence-electron chi connectivity index (χ1n) is 10.8. The second kappa shape index (κ2) is 13.8. The van der Waals surface area contributed by atoms with E-state index in [0.717, 1.165) is 34.8 Å². The van der Waals surface area contributed by atoms with Gasteiger partial charge in [-0.05, 0) is 31.0 Å². The predicted molar refractivity (Wildman–Crippen MR) is 125 cm³/mol. The van der Waals surface area contributed by atoms with E-state index in [4.69, 9.17) is 4.74 Å². The molecule has 0 bridgehead atoms. The number of hydrogen-bond donors (Lipinski definition) is 2. The van der Waals surface area contributed by atoms with Crippen LogP contribution >= 0.6 is 0 Å². The molecule has 8 heteroatoms. The largest absolute Gasteiger partial charge is 0.392 e. The van der Waals surface area contributed by atoms with Crippen molar-refractivity contribution in [1.29, 1.82) is 0 Å². The number of nitrogens with zero attached hydrogens (tertiary/aromatic N) is 1. The summed E-state index contributed by atoms with van der Waals surface area (Å²) in [6, 6.07) is 17.7. The molecule has 32 heavy (non-hydrogen) atoms. The molecule has 175 valence electrons. The van der Waals surface area contributed by atoms with E-state index in [1.54, 1.807) is 19.1 Å². The third kappa shape index (κ3) is 8.19. The maximum Gasteiger partial charge on any atom is 0.248 e. The summed E-state index contributed by atoms with van der Waals surface area (Å²) in [6.07, 6.45) is 2.28. The number of benzene rings is 2. The first-order valence-corrected chi connectivity index (χ1v) is 12.4. The fraction of sp³-hybridized carbons (Fsp3) is 0.500. The van der Waals surface area contributed by atoms with Gasteiger partial charge >= 0.3 is 0 Å². The SMILES string of the molecule is CCCCC(O)C(C)(C)c1ccc(N(NCOCc2c[c-]ccc2)S(=O)(=O)CC)cc1.[Y]. The van der Waals surface area contributed by atoms with Gasteiger partial charge < -0.3 is 9.84 Å². The van der Waals surface area contributed by atoms with Crippen molar-refractivity contribution in [3.8, 4) is 0 Å². The molecule has 0 aliphatic heterocycles. The molecule has 0 fully saturated rings. The van der Waals surface area contributed by atoms with Gasteiger partial charge in [-0.15, -0.1) is 5.56 Å². The fourth-order valence-corrected chi connectivity index (χ4v) is 4.20. The summed E-state index contributed by atoms with van der Waals surface area (Å²) in [4.78, 5) is 0. The van der Waals surface area contributed by atoms with Crippen LogP contribution in [0.3, 0.4) is 0 Å². The standard InChI is InChI=1S/C24H35N2O4S.Y/c1-5-7-13-23(27)24(3,4)21-14-16-22(17-15-21)26(31(28,29)6-2)25-19-30-18-20-11-9-8-10-12-20;/h8-9,11-12,14-17,23,25,27H,5-7,13,18-19H2,1-4H3;/q-1;. The Morgan fingerprint density at radius 1 is 1.19 bits per heavy atom. The van der Waals surface area contributed by atoms with Gasteiger partial charge in [-0.25, -0.2) is 12.8 Å². The smallest absolute Gasteiger partial charge is 0.248 e. The summed E-state index contributed by atoms with van der Waals surface area (Å²) in [5.41, 5.74) is 4.87. The van der Waals surface area contributed by atoms with E-state index in [1.165, 1.54) is 0 Å². The van der Waals surface area contributed by atoms with Crippen molar-refractivity contribution in [1.82, 2.24) is 5.43 Å². The number of aliphatic hydroxyl groups excluding tert-OH is 1. The molecule has 2 aromatic rings. The number of hydrogen-bond acceptors (Lipinski definition) is 5. The van der Waals surface area contributed by atoms with Crippen molar-refractivity contribution in [2.24, 2.45) is 0 Å². The zero-order valence-electron chi connectivity index (χ0n) is 19.5. The topological polar surface area (TPSA) is 78.9 Å². The second-order valence-corrected chi connectivity index (χ2v) is 10.3. The van der Waals surface area contributed by atoms with Crippen LogP contribution in [0.1, 0.15) is 58.1 Å². The Bertz CT molecular complexity index is 890. The zero-order chi connectivity index (χ0) is 22.9. The third-order valence-corrected chi connectivity index (χ3v) is 7.13. The minimum atomic E-state index is -3.55. The van der Waals surface area contributed by atoms with Gasteiger partial charge in [0, 0.05) is 44.7 Å². The molecule has 0 saturated heterocycles. The molecular weight excluding hydrogens is 501 g/mol. The number of anilines is 1. The molecule has 2 aromatic carbocycles. The van der Waals surface area contributed by atoms with E-state index in [2.05, 4.69) is 18.4 Å². The van der Waals surface area contributed by atoms with E-state index >= 15 is 0 Å². The first-order chi connectivity index (χ1) is 14.7. The second-order valence-electron chi connectivity index (χ2n) is 8.15. The minimum Gasteiger partial charge on any atom is -0.392 e. The van der Waals surface area contributed by atoms with Crippen LogP contribution in [0.2, 0.25) is 0 Å². The minimum absolute atomic E-state index is 0. The number of hydrazine groups is 1.